The Morgan fingerprint density at radius 1 is 1.37 bits per heavy atom. The lowest BCUT2D eigenvalue weighted by Crippen LogP contribution is -2.19. The summed E-state index contributed by atoms with van der Waals surface area (Å²) in [5.74, 6) is 0.254. The van der Waals surface area contributed by atoms with Crippen molar-refractivity contribution >= 4 is 21.7 Å². The fourth-order valence-electron chi connectivity index (χ4n) is 2.01. The van der Waals surface area contributed by atoms with Gasteiger partial charge in [0.25, 0.3) is 0 Å². The molecular formula is C14H15BrFN3. The molecule has 0 aliphatic rings. The van der Waals surface area contributed by atoms with Crippen LogP contribution in [0.25, 0.3) is 0 Å². The summed E-state index contributed by atoms with van der Waals surface area (Å²) in [4.78, 5) is 3.97. The first kappa shape index (κ1) is 14.0. The minimum absolute atomic E-state index is 0.0803. The van der Waals surface area contributed by atoms with Crippen molar-refractivity contribution in [2.24, 2.45) is 0 Å². The molecular weight excluding hydrogens is 309 g/mol. The number of nitrogens with two attached hydrogens (primary N) is 1. The predicted molar refractivity (Wildman–Crippen MR) is 78.3 cm³/mol. The molecule has 0 amide bonds. The van der Waals surface area contributed by atoms with Crippen molar-refractivity contribution in [3.63, 3.8) is 0 Å². The summed E-state index contributed by atoms with van der Waals surface area (Å²) in [6, 6.07) is 8.58. The highest BCUT2D eigenvalue weighted by Crippen LogP contribution is 2.27. The van der Waals surface area contributed by atoms with Gasteiger partial charge >= 0.3 is 0 Å². The average Bonchev–Trinajstić information content (AvgIpc) is 2.37. The first-order chi connectivity index (χ1) is 9.10. The highest BCUT2D eigenvalue weighted by molar-refractivity contribution is 9.10. The van der Waals surface area contributed by atoms with Gasteiger partial charge in [0.15, 0.2) is 0 Å². The van der Waals surface area contributed by atoms with E-state index in [0.29, 0.717) is 5.82 Å². The quantitative estimate of drug-likeness (QED) is 0.909. The van der Waals surface area contributed by atoms with E-state index in [0.717, 1.165) is 22.0 Å². The number of halogens is 2. The molecule has 3 N–H and O–H groups in total. The van der Waals surface area contributed by atoms with Gasteiger partial charge in [-0.25, -0.2) is 9.37 Å². The minimum atomic E-state index is -0.251. The second-order valence-electron chi connectivity index (χ2n) is 4.30. The SMILES string of the molecule is CNC(Cc1ccnc(N)c1)c1ccc(F)cc1Br. The topological polar surface area (TPSA) is 50.9 Å². The zero-order valence-corrected chi connectivity index (χ0v) is 12.1. The van der Waals surface area contributed by atoms with Gasteiger partial charge in [-0.05, 0) is 48.9 Å². The van der Waals surface area contributed by atoms with Crippen LogP contribution < -0.4 is 11.1 Å². The number of nitrogens with one attached hydrogen (secondary N) is 1. The number of hydrogen-bond acceptors (Lipinski definition) is 3. The molecule has 0 radical (unpaired) electrons. The van der Waals surface area contributed by atoms with Crippen LogP contribution in [0.3, 0.4) is 0 Å². The first-order valence-corrected chi connectivity index (χ1v) is 6.72. The summed E-state index contributed by atoms with van der Waals surface area (Å²) in [5.41, 5.74) is 7.77. The lowest BCUT2D eigenvalue weighted by Gasteiger charge is -2.18. The van der Waals surface area contributed by atoms with Crippen LogP contribution in [0.4, 0.5) is 10.2 Å². The van der Waals surface area contributed by atoms with Crippen molar-refractivity contribution in [1.29, 1.82) is 0 Å². The summed E-state index contributed by atoms with van der Waals surface area (Å²) in [7, 11) is 1.88. The molecule has 1 aromatic carbocycles. The molecule has 5 heteroatoms. The number of rotatable bonds is 4. The molecule has 0 saturated carbocycles. The molecule has 1 aromatic heterocycles. The molecule has 1 atom stereocenters. The highest BCUT2D eigenvalue weighted by Gasteiger charge is 2.14. The van der Waals surface area contributed by atoms with Gasteiger partial charge < -0.3 is 11.1 Å². The summed E-state index contributed by atoms with van der Waals surface area (Å²) >= 11 is 3.40. The molecule has 19 heavy (non-hydrogen) atoms. The molecule has 100 valence electrons. The Hall–Kier alpha value is -1.46. The van der Waals surface area contributed by atoms with Gasteiger partial charge in [0.05, 0.1) is 0 Å². The van der Waals surface area contributed by atoms with Crippen LogP contribution in [0.1, 0.15) is 17.2 Å². The number of likely N-dealkylation sites (N-methyl/N-ethyl adjacent to an activating group) is 1. The fourth-order valence-corrected chi connectivity index (χ4v) is 2.64. The average molecular weight is 324 g/mol. The summed E-state index contributed by atoms with van der Waals surface area (Å²) in [5, 5.41) is 3.23. The lowest BCUT2D eigenvalue weighted by atomic mass is 9.99. The van der Waals surface area contributed by atoms with Crippen molar-refractivity contribution in [3.05, 3.63) is 57.9 Å². The van der Waals surface area contributed by atoms with E-state index in [1.807, 2.05) is 19.2 Å². The van der Waals surface area contributed by atoms with E-state index in [-0.39, 0.29) is 11.9 Å². The van der Waals surface area contributed by atoms with Gasteiger partial charge in [0, 0.05) is 16.7 Å². The van der Waals surface area contributed by atoms with Gasteiger partial charge in [-0.1, -0.05) is 22.0 Å². The molecule has 0 aliphatic heterocycles. The summed E-state index contributed by atoms with van der Waals surface area (Å²) in [6.45, 7) is 0. The van der Waals surface area contributed by atoms with Crippen LogP contribution in [-0.4, -0.2) is 12.0 Å². The fraction of sp³-hybridized carbons (Fsp3) is 0.214. The molecule has 2 rings (SSSR count). The Kier molecular flexibility index (Phi) is 4.50. The van der Waals surface area contributed by atoms with Gasteiger partial charge in [0.2, 0.25) is 0 Å². The zero-order valence-electron chi connectivity index (χ0n) is 10.5. The van der Waals surface area contributed by atoms with E-state index in [4.69, 9.17) is 5.73 Å². The third-order valence-electron chi connectivity index (χ3n) is 2.97. The van der Waals surface area contributed by atoms with Gasteiger partial charge in [-0.3, -0.25) is 0 Å². The molecule has 0 saturated heterocycles. The smallest absolute Gasteiger partial charge is 0.124 e. The standard InChI is InChI=1S/C14H15BrFN3/c1-18-13(6-9-4-5-19-14(17)7-9)11-3-2-10(16)8-12(11)15/h2-5,7-8,13,18H,6H2,1H3,(H2,17,19). The zero-order chi connectivity index (χ0) is 13.8. The third-order valence-corrected chi connectivity index (χ3v) is 3.66. The molecule has 0 fully saturated rings. The molecule has 1 unspecified atom stereocenters. The van der Waals surface area contributed by atoms with E-state index in [9.17, 15) is 4.39 Å². The van der Waals surface area contributed by atoms with Gasteiger partial charge in [-0.15, -0.1) is 0 Å². The van der Waals surface area contributed by atoms with Crippen LogP contribution in [0, 0.1) is 5.82 Å². The van der Waals surface area contributed by atoms with Crippen molar-refractivity contribution in [2.45, 2.75) is 12.5 Å². The molecule has 1 heterocycles. The molecule has 0 bridgehead atoms. The second kappa shape index (κ2) is 6.12. The maximum Gasteiger partial charge on any atom is 0.124 e. The van der Waals surface area contributed by atoms with E-state index >= 15 is 0 Å². The predicted octanol–water partition coefficient (Wildman–Crippen LogP) is 3.07. The van der Waals surface area contributed by atoms with Crippen molar-refractivity contribution in [2.75, 3.05) is 12.8 Å². The number of aromatic nitrogens is 1. The lowest BCUT2D eigenvalue weighted by molar-refractivity contribution is 0.583. The monoisotopic (exact) mass is 323 g/mol. The van der Waals surface area contributed by atoms with Crippen LogP contribution >= 0.6 is 15.9 Å². The van der Waals surface area contributed by atoms with Crippen LogP contribution in [0.2, 0.25) is 0 Å². The highest BCUT2D eigenvalue weighted by atomic mass is 79.9. The number of pyridine rings is 1. The number of hydrogen-bond donors (Lipinski definition) is 2. The largest absolute Gasteiger partial charge is 0.384 e. The van der Waals surface area contributed by atoms with E-state index in [2.05, 4.69) is 26.2 Å². The molecule has 3 nitrogen and oxygen atoms in total. The van der Waals surface area contributed by atoms with E-state index in [1.54, 1.807) is 12.3 Å². The Balaban J connectivity index is 2.25. The summed E-state index contributed by atoms with van der Waals surface area (Å²) < 4.78 is 13.9. The maximum atomic E-state index is 13.1. The molecule has 2 aromatic rings. The van der Waals surface area contributed by atoms with Crippen molar-refractivity contribution in [3.8, 4) is 0 Å². The Morgan fingerprint density at radius 2 is 2.16 bits per heavy atom. The van der Waals surface area contributed by atoms with Crippen molar-refractivity contribution in [1.82, 2.24) is 10.3 Å². The molecule has 0 aliphatic carbocycles. The first-order valence-electron chi connectivity index (χ1n) is 5.92. The number of benzene rings is 1. The van der Waals surface area contributed by atoms with Crippen LogP contribution in [0.15, 0.2) is 41.0 Å². The van der Waals surface area contributed by atoms with Crippen LogP contribution in [0.5, 0.6) is 0 Å². The van der Waals surface area contributed by atoms with Gasteiger partial charge in [0.1, 0.15) is 11.6 Å². The minimum Gasteiger partial charge on any atom is -0.384 e. The van der Waals surface area contributed by atoms with Gasteiger partial charge in [-0.2, -0.15) is 0 Å². The number of anilines is 1. The van der Waals surface area contributed by atoms with E-state index in [1.165, 1.54) is 12.1 Å². The summed E-state index contributed by atoms with van der Waals surface area (Å²) in [6.07, 6.45) is 2.45. The Morgan fingerprint density at radius 3 is 2.79 bits per heavy atom. The number of nitrogens with zero attached hydrogens (tertiary/aromatic N) is 1. The maximum absolute atomic E-state index is 13.1. The third kappa shape index (κ3) is 3.52. The second-order valence-corrected chi connectivity index (χ2v) is 5.15. The molecule has 0 spiro atoms. The Labute approximate surface area is 120 Å². The number of nitrogen functional groups attached to an aromatic ring is 1. The van der Waals surface area contributed by atoms with Crippen molar-refractivity contribution < 1.29 is 4.39 Å². The van der Waals surface area contributed by atoms with E-state index < -0.39 is 0 Å². The normalized spacial score (nSPS) is 12.4. The van der Waals surface area contributed by atoms with Crippen LogP contribution in [-0.2, 0) is 6.42 Å². The Bertz CT molecular complexity index is 574.